The fourth-order valence-corrected chi connectivity index (χ4v) is 3.54. The highest BCUT2D eigenvalue weighted by molar-refractivity contribution is 5.94. The summed E-state index contributed by atoms with van der Waals surface area (Å²) in [5, 5.41) is 3.26. The lowest BCUT2D eigenvalue weighted by atomic mass is 9.95. The zero-order valence-electron chi connectivity index (χ0n) is 15.8. The Morgan fingerprint density at radius 1 is 1.25 bits per heavy atom. The second kappa shape index (κ2) is 7.23. The van der Waals surface area contributed by atoms with Crippen molar-refractivity contribution < 1.29 is 14.3 Å². The fraction of sp³-hybridized carbons (Fsp3) is 0.182. The van der Waals surface area contributed by atoms with Crippen LogP contribution in [-0.2, 0) is 9.53 Å². The van der Waals surface area contributed by atoms with Crippen molar-refractivity contribution in [2.75, 3.05) is 19.0 Å². The minimum Gasteiger partial charge on any atom is -0.497 e. The Morgan fingerprint density at radius 2 is 2.00 bits per heavy atom. The molecule has 0 amide bonds. The summed E-state index contributed by atoms with van der Waals surface area (Å²) < 4.78 is 12.7. The maximum absolute atomic E-state index is 12.9. The van der Waals surface area contributed by atoms with E-state index in [4.69, 9.17) is 14.5 Å². The van der Waals surface area contributed by atoms with E-state index in [0.717, 1.165) is 28.0 Å². The largest absolute Gasteiger partial charge is 0.497 e. The molecular weight excluding hydrogens is 354 g/mol. The number of nitrogens with one attached hydrogen (secondary N) is 1. The Bertz CT molecular complexity index is 1080. The smallest absolute Gasteiger partial charge is 0.338 e. The molecule has 4 rings (SSSR count). The fourth-order valence-electron chi connectivity index (χ4n) is 3.54. The Kier molecular flexibility index (Phi) is 4.61. The molecule has 0 fully saturated rings. The Balaban J connectivity index is 1.91. The van der Waals surface area contributed by atoms with Gasteiger partial charge in [0.25, 0.3) is 0 Å². The van der Waals surface area contributed by atoms with Crippen LogP contribution in [0.2, 0.25) is 0 Å². The van der Waals surface area contributed by atoms with Crippen LogP contribution in [0.25, 0.3) is 11.0 Å². The number of rotatable bonds is 5. The molecule has 2 aromatic carbocycles. The number of nitrogens with zero attached hydrogens (tertiary/aromatic N) is 2. The topological polar surface area (TPSA) is 65.4 Å². The van der Waals surface area contributed by atoms with Crippen LogP contribution in [0.15, 0.2) is 72.5 Å². The van der Waals surface area contributed by atoms with Gasteiger partial charge >= 0.3 is 5.97 Å². The molecule has 142 valence electrons. The van der Waals surface area contributed by atoms with Crippen LogP contribution in [0.1, 0.15) is 18.5 Å². The number of carbonyl (C=O) groups is 1. The van der Waals surface area contributed by atoms with Crippen molar-refractivity contribution in [3.63, 3.8) is 0 Å². The zero-order valence-corrected chi connectivity index (χ0v) is 15.8. The third kappa shape index (κ3) is 2.93. The van der Waals surface area contributed by atoms with Crippen LogP contribution in [0.4, 0.5) is 5.95 Å². The average molecular weight is 375 g/mol. The van der Waals surface area contributed by atoms with E-state index in [2.05, 4.69) is 11.9 Å². The molecule has 0 aliphatic carbocycles. The van der Waals surface area contributed by atoms with Gasteiger partial charge in [-0.15, -0.1) is 0 Å². The van der Waals surface area contributed by atoms with Crippen LogP contribution in [0.5, 0.6) is 5.75 Å². The molecule has 1 aromatic heterocycles. The first-order valence-electron chi connectivity index (χ1n) is 9.00. The zero-order chi connectivity index (χ0) is 19.7. The van der Waals surface area contributed by atoms with Gasteiger partial charge in [-0.25, -0.2) is 9.78 Å². The Hall–Kier alpha value is -3.54. The minimum atomic E-state index is -0.380. The Labute approximate surface area is 163 Å². The molecule has 0 radical (unpaired) electrons. The van der Waals surface area contributed by atoms with Crippen LogP contribution < -0.4 is 10.1 Å². The number of methoxy groups -OCH3 is 1. The van der Waals surface area contributed by atoms with Gasteiger partial charge in [-0.3, -0.25) is 4.57 Å². The molecule has 28 heavy (non-hydrogen) atoms. The lowest BCUT2D eigenvalue weighted by Crippen LogP contribution is -2.29. The van der Waals surface area contributed by atoms with Gasteiger partial charge in [0.05, 0.1) is 29.8 Å². The van der Waals surface area contributed by atoms with Crippen molar-refractivity contribution in [2.24, 2.45) is 0 Å². The van der Waals surface area contributed by atoms with E-state index in [-0.39, 0.29) is 18.6 Å². The van der Waals surface area contributed by atoms with Crippen molar-refractivity contribution in [3.8, 4) is 5.75 Å². The number of anilines is 1. The highest BCUT2D eigenvalue weighted by Crippen LogP contribution is 2.39. The van der Waals surface area contributed by atoms with Crippen molar-refractivity contribution >= 4 is 23.0 Å². The average Bonchev–Trinajstić information content (AvgIpc) is 3.09. The molecule has 0 saturated carbocycles. The van der Waals surface area contributed by atoms with Gasteiger partial charge in [-0.2, -0.15) is 0 Å². The first-order chi connectivity index (χ1) is 13.6. The molecule has 2 heterocycles. The van der Waals surface area contributed by atoms with Crippen molar-refractivity contribution in [3.05, 3.63) is 78.0 Å². The number of allylic oxidation sites excluding steroid dienone is 1. The van der Waals surface area contributed by atoms with Gasteiger partial charge in [0, 0.05) is 5.70 Å². The van der Waals surface area contributed by atoms with Crippen molar-refractivity contribution in [1.29, 1.82) is 0 Å². The van der Waals surface area contributed by atoms with E-state index in [9.17, 15) is 4.79 Å². The van der Waals surface area contributed by atoms with E-state index in [1.807, 2.05) is 60.0 Å². The molecule has 6 nitrogen and oxygen atoms in total. The van der Waals surface area contributed by atoms with Crippen LogP contribution in [0.3, 0.4) is 0 Å². The monoisotopic (exact) mass is 375 g/mol. The SMILES string of the molecule is C=CCOC(=O)C1=C(C)Nc2nc3ccccc3n2C1c1ccc(OC)cc1. The number of fused-ring (bicyclic) bond motifs is 3. The van der Waals surface area contributed by atoms with Gasteiger partial charge in [-0.1, -0.05) is 36.9 Å². The van der Waals surface area contributed by atoms with Crippen LogP contribution in [-0.4, -0.2) is 29.2 Å². The second-order valence-electron chi connectivity index (χ2n) is 6.52. The van der Waals surface area contributed by atoms with Gasteiger partial charge in [0.15, 0.2) is 0 Å². The molecule has 0 saturated heterocycles. The van der Waals surface area contributed by atoms with Crippen molar-refractivity contribution in [2.45, 2.75) is 13.0 Å². The second-order valence-corrected chi connectivity index (χ2v) is 6.52. The molecule has 1 unspecified atom stereocenters. The molecule has 6 heteroatoms. The molecule has 0 bridgehead atoms. The summed E-state index contributed by atoms with van der Waals surface area (Å²) in [5.74, 6) is 1.07. The summed E-state index contributed by atoms with van der Waals surface area (Å²) in [6.45, 7) is 5.64. The van der Waals surface area contributed by atoms with Gasteiger partial charge in [0.1, 0.15) is 12.4 Å². The first-order valence-corrected chi connectivity index (χ1v) is 9.00. The van der Waals surface area contributed by atoms with Crippen LogP contribution >= 0.6 is 0 Å². The standard InChI is InChI=1S/C22H21N3O3/c1-4-13-28-21(26)19-14(2)23-22-24-17-7-5-6-8-18(17)25(22)20(19)15-9-11-16(27-3)12-10-15/h4-12,20H,1,13H2,2-3H3,(H,23,24). The summed E-state index contributed by atoms with van der Waals surface area (Å²) >= 11 is 0. The lowest BCUT2D eigenvalue weighted by Gasteiger charge is -2.30. The predicted octanol–water partition coefficient (Wildman–Crippen LogP) is 4.06. The third-order valence-electron chi connectivity index (χ3n) is 4.81. The molecule has 1 atom stereocenters. The summed E-state index contributed by atoms with van der Waals surface area (Å²) in [5.41, 5.74) is 4.00. The molecule has 1 N–H and O–H groups in total. The van der Waals surface area contributed by atoms with E-state index in [1.165, 1.54) is 0 Å². The molecular formula is C22H21N3O3. The Morgan fingerprint density at radius 3 is 2.71 bits per heavy atom. The number of esters is 1. The number of carbonyl (C=O) groups excluding carboxylic acids is 1. The highest BCUT2D eigenvalue weighted by Gasteiger charge is 2.34. The number of benzene rings is 2. The maximum atomic E-state index is 12.9. The maximum Gasteiger partial charge on any atom is 0.338 e. The van der Waals surface area contributed by atoms with Gasteiger partial charge in [0.2, 0.25) is 5.95 Å². The van der Waals surface area contributed by atoms with Crippen LogP contribution in [0, 0.1) is 0 Å². The van der Waals surface area contributed by atoms with E-state index < -0.39 is 0 Å². The van der Waals surface area contributed by atoms with Gasteiger partial charge in [-0.05, 0) is 36.8 Å². The predicted molar refractivity (Wildman–Crippen MR) is 108 cm³/mol. The number of hydrogen-bond donors (Lipinski definition) is 1. The molecule has 1 aliphatic heterocycles. The normalized spacial score (nSPS) is 15.7. The van der Waals surface area contributed by atoms with E-state index >= 15 is 0 Å². The minimum absolute atomic E-state index is 0.155. The first kappa shape index (κ1) is 17.9. The van der Waals surface area contributed by atoms with E-state index in [1.54, 1.807) is 13.2 Å². The lowest BCUT2D eigenvalue weighted by molar-refractivity contribution is -0.138. The quantitative estimate of drug-likeness (QED) is 0.538. The highest BCUT2D eigenvalue weighted by atomic mass is 16.5. The molecule has 0 spiro atoms. The summed E-state index contributed by atoms with van der Waals surface area (Å²) in [7, 11) is 1.63. The third-order valence-corrected chi connectivity index (χ3v) is 4.81. The van der Waals surface area contributed by atoms with Gasteiger partial charge < -0.3 is 14.8 Å². The number of para-hydroxylation sites is 2. The summed E-state index contributed by atoms with van der Waals surface area (Å²) in [6, 6.07) is 15.2. The number of ether oxygens (including phenoxy) is 2. The number of aromatic nitrogens is 2. The summed E-state index contributed by atoms with van der Waals surface area (Å²) in [6.07, 6.45) is 1.56. The molecule has 3 aromatic rings. The number of hydrogen-bond acceptors (Lipinski definition) is 5. The molecule has 1 aliphatic rings. The summed E-state index contributed by atoms with van der Waals surface area (Å²) in [4.78, 5) is 17.6. The van der Waals surface area contributed by atoms with E-state index in [0.29, 0.717) is 11.5 Å². The van der Waals surface area contributed by atoms with Crippen molar-refractivity contribution in [1.82, 2.24) is 9.55 Å². The number of imidazole rings is 1.